The number of halogens is 1. The fraction of sp³-hybridized carbons (Fsp3) is 0.133. The van der Waals surface area contributed by atoms with E-state index < -0.39 is 5.82 Å². The minimum Gasteiger partial charge on any atom is -0.384 e. The summed E-state index contributed by atoms with van der Waals surface area (Å²) in [6.07, 6.45) is 0. The van der Waals surface area contributed by atoms with Gasteiger partial charge in [-0.2, -0.15) is 0 Å². The molecule has 0 aliphatic rings. The lowest BCUT2D eigenvalue weighted by atomic mass is 10.1. The largest absolute Gasteiger partial charge is 0.384 e. The zero-order valence-electron chi connectivity index (χ0n) is 10.9. The first-order valence-electron chi connectivity index (χ1n) is 5.94. The van der Waals surface area contributed by atoms with Gasteiger partial charge in [-0.1, -0.05) is 18.2 Å². The van der Waals surface area contributed by atoms with Gasteiger partial charge in [0.25, 0.3) is 0 Å². The molecule has 98 valence electrons. The molecule has 0 spiro atoms. The van der Waals surface area contributed by atoms with E-state index in [4.69, 9.17) is 11.1 Å². The molecule has 0 aliphatic heterocycles. The molecule has 0 heterocycles. The summed E-state index contributed by atoms with van der Waals surface area (Å²) in [5.74, 6) is -0.526. The average Bonchev–Trinajstić information content (AvgIpc) is 2.38. The lowest BCUT2D eigenvalue weighted by Crippen LogP contribution is -2.15. The Bertz CT molecular complexity index is 623. The summed E-state index contributed by atoms with van der Waals surface area (Å²) >= 11 is 0. The van der Waals surface area contributed by atoms with Gasteiger partial charge in [0, 0.05) is 18.3 Å². The number of hydrogen-bond donors (Lipinski definition) is 2. The number of benzene rings is 2. The van der Waals surface area contributed by atoms with Crippen molar-refractivity contribution in [1.82, 2.24) is 0 Å². The molecule has 2 aromatic carbocycles. The van der Waals surface area contributed by atoms with E-state index in [1.807, 2.05) is 38.2 Å². The maximum absolute atomic E-state index is 14.1. The predicted molar refractivity (Wildman–Crippen MR) is 76.7 cm³/mol. The Labute approximate surface area is 112 Å². The third kappa shape index (κ3) is 2.57. The molecule has 2 aromatic rings. The smallest absolute Gasteiger partial charge is 0.147 e. The Morgan fingerprint density at radius 3 is 2.42 bits per heavy atom. The molecule has 0 saturated carbocycles. The highest BCUT2D eigenvalue weighted by Crippen LogP contribution is 2.28. The summed E-state index contributed by atoms with van der Waals surface area (Å²) in [5, 5.41) is 7.31. The van der Waals surface area contributed by atoms with Gasteiger partial charge in [0.05, 0.1) is 5.69 Å². The third-order valence-corrected chi connectivity index (χ3v) is 3.10. The van der Waals surface area contributed by atoms with E-state index >= 15 is 0 Å². The maximum Gasteiger partial charge on any atom is 0.147 e. The first-order chi connectivity index (χ1) is 9.00. The molecule has 0 bridgehead atoms. The van der Waals surface area contributed by atoms with Crippen molar-refractivity contribution in [2.75, 3.05) is 11.9 Å². The number of rotatable bonds is 3. The Morgan fingerprint density at radius 1 is 1.16 bits per heavy atom. The van der Waals surface area contributed by atoms with Crippen LogP contribution in [0.3, 0.4) is 0 Å². The van der Waals surface area contributed by atoms with Crippen LogP contribution in [-0.4, -0.2) is 12.9 Å². The molecule has 4 heteroatoms. The van der Waals surface area contributed by atoms with Gasteiger partial charge in [0.1, 0.15) is 11.7 Å². The molecular weight excluding hydrogens is 241 g/mol. The number of nitrogens with two attached hydrogens (primary N) is 1. The highest BCUT2D eigenvalue weighted by Gasteiger charge is 2.12. The van der Waals surface area contributed by atoms with E-state index in [0.717, 1.165) is 11.3 Å². The first kappa shape index (κ1) is 13.1. The van der Waals surface area contributed by atoms with Crippen molar-refractivity contribution in [3.05, 3.63) is 59.4 Å². The summed E-state index contributed by atoms with van der Waals surface area (Å²) in [4.78, 5) is 1.79. The van der Waals surface area contributed by atoms with Gasteiger partial charge in [-0.3, -0.25) is 5.41 Å². The number of nitrogens with one attached hydrogen (secondary N) is 1. The molecule has 3 N–H and O–H groups in total. The molecule has 0 aromatic heterocycles. The quantitative estimate of drug-likeness (QED) is 0.655. The second-order valence-corrected chi connectivity index (χ2v) is 4.43. The summed E-state index contributed by atoms with van der Waals surface area (Å²) in [6.45, 7) is 1.98. The van der Waals surface area contributed by atoms with Crippen molar-refractivity contribution in [3.63, 3.8) is 0 Å². The highest BCUT2D eigenvalue weighted by molar-refractivity contribution is 5.95. The second kappa shape index (κ2) is 5.10. The van der Waals surface area contributed by atoms with Crippen molar-refractivity contribution >= 4 is 17.2 Å². The van der Waals surface area contributed by atoms with Crippen molar-refractivity contribution in [2.45, 2.75) is 6.92 Å². The van der Waals surface area contributed by atoms with Crippen LogP contribution in [0.4, 0.5) is 15.8 Å². The fourth-order valence-corrected chi connectivity index (χ4v) is 2.02. The lowest BCUT2D eigenvalue weighted by Gasteiger charge is -2.22. The van der Waals surface area contributed by atoms with Gasteiger partial charge in [-0.15, -0.1) is 0 Å². The second-order valence-electron chi connectivity index (χ2n) is 4.43. The normalized spacial score (nSPS) is 10.3. The van der Waals surface area contributed by atoms with Crippen LogP contribution in [0.25, 0.3) is 0 Å². The first-order valence-corrected chi connectivity index (χ1v) is 5.94. The van der Waals surface area contributed by atoms with Crippen LogP contribution < -0.4 is 10.6 Å². The summed E-state index contributed by atoms with van der Waals surface area (Å²) < 4.78 is 14.1. The highest BCUT2D eigenvalue weighted by atomic mass is 19.1. The Hall–Kier alpha value is -2.36. The van der Waals surface area contributed by atoms with Crippen molar-refractivity contribution in [2.24, 2.45) is 5.73 Å². The van der Waals surface area contributed by atoms with Gasteiger partial charge in [0.2, 0.25) is 0 Å². The zero-order chi connectivity index (χ0) is 14.0. The van der Waals surface area contributed by atoms with Gasteiger partial charge >= 0.3 is 0 Å². The Morgan fingerprint density at radius 2 is 1.84 bits per heavy atom. The number of amidine groups is 1. The van der Waals surface area contributed by atoms with E-state index in [1.54, 1.807) is 17.0 Å². The third-order valence-electron chi connectivity index (χ3n) is 3.10. The number of anilines is 2. The van der Waals surface area contributed by atoms with E-state index in [-0.39, 0.29) is 5.84 Å². The van der Waals surface area contributed by atoms with E-state index in [2.05, 4.69) is 0 Å². The van der Waals surface area contributed by atoms with Gasteiger partial charge < -0.3 is 10.6 Å². The minimum absolute atomic E-state index is 0.135. The van der Waals surface area contributed by atoms with Crippen LogP contribution in [0.5, 0.6) is 0 Å². The standard InChI is InChI=1S/C15H16FN3/c1-10-5-3-4-6-13(10)19(2)14-8-7-11(15(17)18)9-12(14)16/h3-9H,1-2H3,(H3,17,18). The summed E-state index contributed by atoms with van der Waals surface area (Å²) in [7, 11) is 1.81. The van der Waals surface area contributed by atoms with Crippen LogP contribution in [0.15, 0.2) is 42.5 Å². The molecule has 0 unspecified atom stereocenters. The molecule has 0 aliphatic carbocycles. The molecule has 0 radical (unpaired) electrons. The van der Waals surface area contributed by atoms with E-state index in [1.165, 1.54) is 6.07 Å². The van der Waals surface area contributed by atoms with Crippen LogP contribution in [0.1, 0.15) is 11.1 Å². The minimum atomic E-state index is -0.390. The number of aryl methyl sites for hydroxylation is 1. The number of nitrogen functional groups attached to an aromatic ring is 1. The molecule has 0 amide bonds. The van der Waals surface area contributed by atoms with Crippen molar-refractivity contribution < 1.29 is 4.39 Å². The van der Waals surface area contributed by atoms with Crippen LogP contribution in [0.2, 0.25) is 0 Å². The van der Waals surface area contributed by atoms with Gasteiger partial charge in [-0.05, 0) is 36.8 Å². The molecule has 0 fully saturated rings. The topological polar surface area (TPSA) is 53.1 Å². The summed E-state index contributed by atoms with van der Waals surface area (Å²) in [5.41, 5.74) is 8.20. The number of hydrogen-bond acceptors (Lipinski definition) is 2. The predicted octanol–water partition coefficient (Wildman–Crippen LogP) is 3.19. The Balaban J connectivity index is 2.42. The van der Waals surface area contributed by atoms with E-state index in [0.29, 0.717) is 11.3 Å². The Kier molecular flexibility index (Phi) is 3.51. The summed E-state index contributed by atoms with van der Waals surface area (Å²) in [6, 6.07) is 12.4. The van der Waals surface area contributed by atoms with Crippen molar-refractivity contribution in [1.29, 1.82) is 5.41 Å². The number of nitrogens with zero attached hydrogens (tertiary/aromatic N) is 1. The molecular formula is C15H16FN3. The lowest BCUT2D eigenvalue weighted by molar-refractivity contribution is 0.627. The monoisotopic (exact) mass is 257 g/mol. The molecule has 0 saturated heterocycles. The van der Waals surface area contributed by atoms with Gasteiger partial charge in [-0.25, -0.2) is 4.39 Å². The zero-order valence-corrected chi connectivity index (χ0v) is 10.9. The number of para-hydroxylation sites is 1. The van der Waals surface area contributed by atoms with Crippen molar-refractivity contribution in [3.8, 4) is 0 Å². The SMILES string of the molecule is Cc1ccccc1N(C)c1ccc(C(=N)N)cc1F. The van der Waals surface area contributed by atoms with Crippen LogP contribution in [0, 0.1) is 18.2 Å². The fourth-order valence-electron chi connectivity index (χ4n) is 2.02. The van der Waals surface area contributed by atoms with Crippen LogP contribution >= 0.6 is 0 Å². The molecule has 3 nitrogen and oxygen atoms in total. The molecule has 2 rings (SSSR count). The average molecular weight is 257 g/mol. The van der Waals surface area contributed by atoms with Gasteiger partial charge in [0.15, 0.2) is 0 Å². The molecule has 0 atom stereocenters. The maximum atomic E-state index is 14.1. The van der Waals surface area contributed by atoms with E-state index in [9.17, 15) is 4.39 Å². The van der Waals surface area contributed by atoms with Crippen LogP contribution in [-0.2, 0) is 0 Å². The molecule has 19 heavy (non-hydrogen) atoms.